The molecule has 0 saturated carbocycles. The van der Waals surface area contributed by atoms with Crippen LogP contribution in [0.1, 0.15) is 12.0 Å². The number of carboxylic acid groups (broad SMARTS) is 1. The van der Waals surface area contributed by atoms with Crippen LogP contribution in [0, 0.1) is 6.92 Å². The van der Waals surface area contributed by atoms with Gasteiger partial charge >= 0.3 is 11.7 Å². The van der Waals surface area contributed by atoms with Gasteiger partial charge in [-0.15, -0.1) is 0 Å². The highest BCUT2D eigenvalue weighted by Crippen LogP contribution is 2.21. The summed E-state index contributed by atoms with van der Waals surface area (Å²) < 4.78 is 2.69. The number of nitrogens with zero attached hydrogens (tertiary/aromatic N) is 3. The maximum absolute atomic E-state index is 12.2. The predicted molar refractivity (Wildman–Crippen MR) is 92.3 cm³/mol. The molecule has 130 valence electrons. The minimum absolute atomic E-state index is 0.0429. The average molecular weight is 343 g/mol. The van der Waals surface area contributed by atoms with Gasteiger partial charge in [-0.1, -0.05) is 12.1 Å². The smallest absolute Gasteiger partial charge is 0.329 e. The Labute approximate surface area is 141 Å². The molecule has 3 N–H and O–H groups in total. The Balaban J connectivity index is 2.18. The summed E-state index contributed by atoms with van der Waals surface area (Å²) in [5.41, 5.74) is 0.931. The van der Waals surface area contributed by atoms with Gasteiger partial charge in [0.1, 0.15) is 0 Å². The third-order valence-electron chi connectivity index (χ3n) is 3.83. The van der Waals surface area contributed by atoms with Gasteiger partial charge in [-0.05, 0) is 24.6 Å². The lowest BCUT2D eigenvalue weighted by molar-refractivity contribution is -0.137. The highest BCUT2D eigenvalue weighted by molar-refractivity contribution is 5.76. The molecule has 25 heavy (non-hydrogen) atoms. The van der Waals surface area contributed by atoms with E-state index in [0.29, 0.717) is 5.95 Å². The van der Waals surface area contributed by atoms with Crippen molar-refractivity contribution < 1.29 is 9.90 Å². The summed E-state index contributed by atoms with van der Waals surface area (Å²) in [6.07, 6.45) is -0.184. The molecule has 3 rings (SSSR count). The minimum Gasteiger partial charge on any atom is -0.481 e. The number of hydrogen-bond acceptors (Lipinski definition) is 5. The molecule has 2 aromatic heterocycles. The van der Waals surface area contributed by atoms with Gasteiger partial charge in [0.2, 0.25) is 5.95 Å². The molecule has 3 aromatic rings. The number of carboxylic acids is 1. The highest BCUT2D eigenvalue weighted by Gasteiger charge is 2.18. The monoisotopic (exact) mass is 343 g/mol. The molecule has 0 fully saturated rings. The van der Waals surface area contributed by atoms with E-state index in [1.165, 1.54) is 16.2 Å². The zero-order valence-electron chi connectivity index (χ0n) is 13.7. The summed E-state index contributed by atoms with van der Waals surface area (Å²) in [6, 6.07) is 7.53. The number of benzene rings is 1. The lowest BCUT2D eigenvalue weighted by Crippen LogP contribution is -2.29. The number of carbonyl (C=O) groups is 1. The van der Waals surface area contributed by atoms with Crippen LogP contribution >= 0.6 is 0 Å². The molecule has 2 heterocycles. The van der Waals surface area contributed by atoms with Crippen LogP contribution in [0.2, 0.25) is 0 Å². The van der Waals surface area contributed by atoms with Crippen molar-refractivity contribution in [1.29, 1.82) is 0 Å². The van der Waals surface area contributed by atoms with E-state index < -0.39 is 17.2 Å². The normalized spacial score (nSPS) is 11.0. The van der Waals surface area contributed by atoms with E-state index in [0.717, 1.165) is 11.3 Å². The van der Waals surface area contributed by atoms with Gasteiger partial charge in [-0.3, -0.25) is 19.1 Å². The van der Waals surface area contributed by atoms with Gasteiger partial charge in [0, 0.05) is 19.3 Å². The first-order valence-electron chi connectivity index (χ1n) is 7.62. The molecule has 0 bridgehead atoms. The second-order valence-electron chi connectivity index (χ2n) is 5.72. The van der Waals surface area contributed by atoms with Gasteiger partial charge in [0.25, 0.3) is 5.56 Å². The van der Waals surface area contributed by atoms with Crippen LogP contribution in [0.3, 0.4) is 0 Å². The Bertz CT molecular complexity index is 1080. The fraction of sp³-hybridized carbons (Fsp3) is 0.250. The van der Waals surface area contributed by atoms with Gasteiger partial charge in [-0.2, -0.15) is 4.98 Å². The fourth-order valence-electron chi connectivity index (χ4n) is 2.61. The first kappa shape index (κ1) is 16.5. The Morgan fingerprint density at radius 2 is 2.12 bits per heavy atom. The Morgan fingerprint density at radius 3 is 2.80 bits per heavy atom. The minimum atomic E-state index is -0.996. The summed E-state index contributed by atoms with van der Waals surface area (Å²) in [5, 5.41) is 12.1. The predicted octanol–water partition coefficient (Wildman–Crippen LogP) is 0.950. The lowest BCUT2D eigenvalue weighted by Gasteiger charge is -2.09. The molecule has 9 nitrogen and oxygen atoms in total. The Morgan fingerprint density at radius 1 is 1.36 bits per heavy atom. The zero-order chi connectivity index (χ0) is 18.1. The van der Waals surface area contributed by atoms with E-state index in [4.69, 9.17) is 5.11 Å². The summed E-state index contributed by atoms with van der Waals surface area (Å²) in [6.45, 7) is 1.98. The molecule has 0 atom stereocenters. The second-order valence-corrected chi connectivity index (χ2v) is 5.72. The number of aromatic amines is 1. The molecule has 0 aliphatic heterocycles. The highest BCUT2D eigenvalue weighted by atomic mass is 16.4. The fourth-order valence-corrected chi connectivity index (χ4v) is 2.61. The summed E-state index contributed by atoms with van der Waals surface area (Å²) >= 11 is 0. The number of hydrogen-bond donors (Lipinski definition) is 3. The van der Waals surface area contributed by atoms with Gasteiger partial charge in [0.15, 0.2) is 11.2 Å². The molecule has 0 aliphatic carbocycles. The first-order valence-corrected chi connectivity index (χ1v) is 7.62. The second kappa shape index (κ2) is 6.27. The van der Waals surface area contributed by atoms with Crippen molar-refractivity contribution in [2.24, 2.45) is 7.05 Å². The van der Waals surface area contributed by atoms with Crippen LogP contribution in [0.25, 0.3) is 11.2 Å². The van der Waals surface area contributed by atoms with Crippen molar-refractivity contribution in [1.82, 2.24) is 19.1 Å². The molecule has 0 amide bonds. The van der Waals surface area contributed by atoms with E-state index in [1.807, 2.05) is 31.2 Å². The maximum Gasteiger partial charge on any atom is 0.329 e. The van der Waals surface area contributed by atoms with E-state index in [9.17, 15) is 14.4 Å². The number of anilines is 2. The first-order chi connectivity index (χ1) is 11.9. The Hall–Kier alpha value is -3.36. The molecule has 0 aliphatic rings. The number of rotatable bonds is 5. The van der Waals surface area contributed by atoms with Crippen LogP contribution in [-0.4, -0.2) is 30.2 Å². The number of aryl methyl sites for hydroxylation is 3. The summed E-state index contributed by atoms with van der Waals surface area (Å²) in [5.74, 6) is -0.696. The number of nitrogens with one attached hydrogen (secondary N) is 2. The largest absolute Gasteiger partial charge is 0.481 e. The topological polar surface area (TPSA) is 122 Å². The molecule has 9 heteroatoms. The van der Waals surface area contributed by atoms with Gasteiger partial charge in [0.05, 0.1) is 6.42 Å². The quantitative estimate of drug-likeness (QED) is 0.634. The molecule has 0 spiro atoms. The number of imidazole rings is 1. The van der Waals surface area contributed by atoms with Crippen molar-refractivity contribution in [3.05, 3.63) is 50.7 Å². The van der Waals surface area contributed by atoms with Crippen LogP contribution in [0.4, 0.5) is 11.6 Å². The molecule has 0 saturated heterocycles. The number of H-pyrrole nitrogens is 1. The van der Waals surface area contributed by atoms with E-state index in [1.54, 1.807) is 0 Å². The van der Waals surface area contributed by atoms with Crippen LogP contribution in [-0.2, 0) is 18.4 Å². The molecular formula is C16H17N5O4. The van der Waals surface area contributed by atoms with Gasteiger partial charge < -0.3 is 15.0 Å². The van der Waals surface area contributed by atoms with Crippen molar-refractivity contribution in [3.63, 3.8) is 0 Å². The van der Waals surface area contributed by atoms with Crippen LogP contribution < -0.4 is 16.6 Å². The molecule has 1 aromatic carbocycles. The molecule has 0 radical (unpaired) electrons. The van der Waals surface area contributed by atoms with Gasteiger partial charge in [-0.25, -0.2) is 4.79 Å². The number of fused-ring (bicyclic) bond motifs is 1. The standard InChI is InChI=1S/C16H17N5O4/c1-9-4-3-5-10(8-9)17-15-18-13-12(21(15)7-6-11(22)23)14(24)19-16(25)20(13)2/h3-5,8H,6-7H2,1-2H3,(H,17,18)(H,22,23)(H,19,24,25). The van der Waals surface area contributed by atoms with E-state index in [-0.39, 0.29) is 24.1 Å². The number of aromatic nitrogens is 4. The maximum atomic E-state index is 12.2. The lowest BCUT2D eigenvalue weighted by atomic mass is 10.2. The van der Waals surface area contributed by atoms with Crippen molar-refractivity contribution >= 4 is 28.8 Å². The average Bonchev–Trinajstić information content (AvgIpc) is 2.89. The number of aliphatic carboxylic acids is 1. The molecular weight excluding hydrogens is 326 g/mol. The zero-order valence-corrected chi connectivity index (χ0v) is 13.7. The summed E-state index contributed by atoms with van der Waals surface area (Å²) in [7, 11) is 1.49. The third kappa shape index (κ3) is 3.16. The SMILES string of the molecule is Cc1cccc(Nc2nc3c(c(=O)[nH]c(=O)n3C)n2CCC(=O)O)c1. The van der Waals surface area contributed by atoms with E-state index in [2.05, 4.69) is 15.3 Å². The van der Waals surface area contributed by atoms with Crippen LogP contribution in [0.5, 0.6) is 0 Å². The Kier molecular flexibility index (Phi) is 4.14. The van der Waals surface area contributed by atoms with Crippen molar-refractivity contribution in [2.75, 3.05) is 5.32 Å². The third-order valence-corrected chi connectivity index (χ3v) is 3.83. The van der Waals surface area contributed by atoms with E-state index >= 15 is 0 Å². The summed E-state index contributed by atoms with van der Waals surface area (Å²) in [4.78, 5) is 41.5. The van der Waals surface area contributed by atoms with Crippen LogP contribution in [0.15, 0.2) is 33.9 Å². The molecule has 0 unspecified atom stereocenters. The van der Waals surface area contributed by atoms with Crippen molar-refractivity contribution in [2.45, 2.75) is 19.9 Å². The van der Waals surface area contributed by atoms with Crippen molar-refractivity contribution in [3.8, 4) is 0 Å².